The predicted octanol–water partition coefficient (Wildman–Crippen LogP) is 3.64. The van der Waals surface area contributed by atoms with E-state index in [9.17, 15) is 0 Å². The number of rotatable bonds is 6. The third kappa shape index (κ3) is 7.31. The van der Waals surface area contributed by atoms with Gasteiger partial charge in [0.25, 0.3) is 0 Å². The van der Waals surface area contributed by atoms with E-state index in [0.29, 0.717) is 18.3 Å². The molecule has 0 unspecified atom stereocenters. The standard InChI is InChI=1S/C17H20N2O2S.Rb.H/c1-3-20-15-9-5-13(6-10-15)18-17(22)19-14-7-11-16(12-8-14)21-4-2;;/h5-12H,3-4H2,1-2H3,(H2,18,19,22);;. The van der Waals surface area contributed by atoms with E-state index in [-0.39, 0.29) is 58.2 Å². The Balaban J connectivity index is 0.00000264. The molecule has 118 valence electrons. The van der Waals surface area contributed by atoms with E-state index in [0.717, 1.165) is 22.9 Å². The summed E-state index contributed by atoms with van der Waals surface area (Å²) in [4.78, 5) is 0. The summed E-state index contributed by atoms with van der Waals surface area (Å²) in [5.41, 5.74) is 1.82. The predicted molar refractivity (Wildman–Crippen MR) is 102 cm³/mol. The van der Waals surface area contributed by atoms with Crippen LogP contribution in [0.5, 0.6) is 11.5 Å². The third-order valence-electron chi connectivity index (χ3n) is 2.85. The number of nitrogens with one attached hydrogen (secondary N) is 2. The summed E-state index contributed by atoms with van der Waals surface area (Å²) in [7, 11) is 0. The van der Waals surface area contributed by atoms with Crippen molar-refractivity contribution in [2.24, 2.45) is 0 Å². The van der Waals surface area contributed by atoms with Gasteiger partial charge in [-0.3, -0.25) is 0 Å². The Morgan fingerprint density at radius 3 is 1.43 bits per heavy atom. The van der Waals surface area contributed by atoms with Gasteiger partial charge in [0.15, 0.2) is 5.11 Å². The molecule has 0 bridgehead atoms. The molecule has 2 N–H and O–H groups in total. The second kappa shape index (κ2) is 11.2. The van der Waals surface area contributed by atoms with Crippen LogP contribution in [0.3, 0.4) is 0 Å². The van der Waals surface area contributed by atoms with Crippen LogP contribution >= 0.6 is 12.2 Å². The van der Waals surface area contributed by atoms with Crippen molar-refractivity contribution in [2.75, 3.05) is 23.8 Å². The summed E-state index contributed by atoms with van der Waals surface area (Å²) in [5, 5.41) is 6.80. The molecule has 0 saturated carbocycles. The summed E-state index contributed by atoms with van der Waals surface area (Å²) >= 11 is 5.30. The zero-order chi connectivity index (χ0) is 15.8. The first kappa shape index (κ1) is 20.6. The molecule has 0 heterocycles. The van der Waals surface area contributed by atoms with Crippen molar-refractivity contribution < 1.29 is 9.47 Å². The molecule has 2 aromatic rings. The topological polar surface area (TPSA) is 42.5 Å². The zero-order valence-corrected chi connectivity index (χ0v) is 13.6. The van der Waals surface area contributed by atoms with Crippen molar-refractivity contribution in [3.05, 3.63) is 48.5 Å². The van der Waals surface area contributed by atoms with Gasteiger partial charge in [0, 0.05) is 11.4 Å². The molecule has 0 amide bonds. The second-order valence-corrected chi connectivity index (χ2v) is 4.90. The van der Waals surface area contributed by atoms with Gasteiger partial charge in [-0.2, -0.15) is 0 Å². The van der Waals surface area contributed by atoms with Gasteiger partial charge in [0.05, 0.1) is 13.2 Å². The summed E-state index contributed by atoms with van der Waals surface area (Å²) < 4.78 is 10.8. The Kier molecular flexibility index (Phi) is 9.98. The van der Waals surface area contributed by atoms with Gasteiger partial charge in [-0.25, -0.2) is 0 Å². The van der Waals surface area contributed by atoms with Crippen molar-refractivity contribution >= 4 is 86.9 Å². The summed E-state index contributed by atoms with van der Waals surface area (Å²) in [5.74, 6) is 1.69. The van der Waals surface area contributed by atoms with Gasteiger partial charge >= 0.3 is 58.2 Å². The zero-order valence-electron chi connectivity index (χ0n) is 12.8. The Hall–Kier alpha value is -0.465. The average Bonchev–Trinajstić information content (AvgIpc) is 2.52. The van der Waals surface area contributed by atoms with Crippen LogP contribution in [-0.4, -0.2) is 76.5 Å². The van der Waals surface area contributed by atoms with E-state index >= 15 is 0 Å². The van der Waals surface area contributed by atoms with Gasteiger partial charge in [-0.15, -0.1) is 0 Å². The van der Waals surface area contributed by atoms with Crippen LogP contribution in [0.4, 0.5) is 11.4 Å². The van der Waals surface area contributed by atoms with Crippen LogP contribution in [0, 0.1) is 0 Å². The number of hydrogen-bond donors (Lipinski definition) is 2. The molecule has 0 atom stereocenters. The second-order valence-electron chi connectivity index (χ2n) is 4.49. The molecule has 23 heavy (non-hydrogen) atoms. The molecule has 0 aliphatic rings. The summed E-state index contributed by atoms with van der Waals surface area (Å²) in [6.07, 6.45) is 0. The Morgan fingerprint density at radius 2 is 1.13 bits per heavy atom. The molecular weight excluding hydrogens is 382 g/mol. The third-order valence-corrected chi connectivity index (χ3v) is 3.05. The fraction of sp³-hybridized carbons (Fsp3) is 0.235. The fourth-order valence-corrected chi connectivity index (χ4v) is 2.13. The summed E-state index contributed by atoms with van der Waals surface area (Å²) in [6, 6.07) is 15.3. The molecule has 0 radical (unpaired) electrons. The Morgan fingerprint density at radius 1 is 0.783 bits per heavy atom. The van der Waals surface area contributed by atoms with Gasteiger partial charge in [-0.1, -0.05) is 0 Å². The van der Waals surface area contributed by atoms with E-state index < -0.39 is 0 Å². The first-order valence-corrected chi connectivity index (χ1v) is 7.65. The minimum absolute atomic E-state index is 0. The Labute approximate surface area is 191 Å². The van der Waals surface area contributed by atoms with E-state index in [4.69, 9.17) is 21.7 Å². The average molecular weight is 403 g/mol. The summed E-state index contributed by atoms with van der Waals surface area (Å²) in [6.45, 7) is 5.24. The maximum absolute atomic E-state index is 5.40. The first-order chi connectivity index (χ1) is 10.7. The molecule has 0 fully saturated rings. The molecule has 0 saturated heterocycles. The van der Waals surface area contributed by atoms with Gasteiger partial charge in [-0.05, 0) is 74.6 Å². The quantitative estimate of drug-likeness (QED) is 0.722. The van der Waals surface area contributed by atoms with E-state index in [2.05, 4.69) is 10.6 Å². The number of hydrogen-bond acceptors (Lipinski definition) is 3. The molecule has 0 aliphatic carbocycles. The van der Waals surface area contributed by atoms with Gasteiger partial charge < -0.3 is 20.1 Å². The van der Waals surface area contributed by atoms with Crippen molar-refractivity contribution in [1.82, 2.24) is 0 Å². The number of ether oxygens (including phenoxy) is 2. The minimum atomic E-state index is 0. The normalized spacial score (nSPS) is 9.48. The van der Waals surface area contributed by atoms with Crippen molar-refractivity contribution in [2.45, 2.75) is 13.8 Å². The van der Waals surface area contributed by atoms with Crippen LogP contribution in [0.2, 0.25) is 0 Å². The first-order valence-electron chi connectivity index (χ1n) is 7.25. The van der Waals surface area contributed by atoms with Crippen LogP contribution in [0.25, 0.3) is 0 Å². The molecule has 0 spiro atoms. The van der Waals surface area contributed by atoms with Crippen LogP contribution in [0.1, 0.15) is 13.8 Å². The van der Waals surface area contributed by atoms with Crippen LogP contribution < -0.4 is 20.1 Å². The molecule has 2 rings (SSSR count). The Bertz CT molecular complexity index is 549. The van der Waals surface area contributed by atoms with Crippen LogP contribution in [0.15, 0.2) is 48.5 Å². The van der Waals surface area contributed by atoms with E-state index in [1.54, 1.807) is 0 Å². The molecule has 0 aromatic heterocycles. The van der Waals surface area contributed by atoms with Crippen LogP contribution in [-0.2, 0) is 0 Å². The number of anilines is 2. The maximum atomic E-state index is 5.40. The monoisotopic (exact) mass is 402 g/mol. The number of benzene rings is 2. The molecule has 0 aliphatic heterocycles. The van der Waals surface area contributed by atoms with Gasteiger partial charge in [0.2, 0.25) is 0 Å². The fourth-order valence-electron chi connectivity index (χ4n) is 1.90. The van der Waals surface area contributed by atoms with Crippen molar-refractivity contribution in [3.63, 3.8) is 0 Å². The molecule has 6 heteroatoms. The molecular formula is C17H21N2O2RbS. The van der Waals surface area contributed by atoms with E-state index in [1.807, 2.05) is 62.4 Å². The van der Waals surface area contributed by atoms with E-state index in [1.165, 1.54) is 0 Å². The van der Waals surface area contributed by atoms with Gasteiger partial charge in [0.1, 0.15) is 11.5 Å². The molecule has 4 nitrogen and oxygen atoms in total. The molecule has 2 aromatic carbocycles. The SMILES string of the molecule is CCOc1ccc(NC(=S)Nc2ccc(OCC)cc2)cc1.[RbH]. The van der Waals surface area contributed by atoms with Crippen molar-refractivity contribution in [1.29, 1.82) is 0 Å². The van der Waals surface area contributed by atoms with Crippen molar-refractivity contribution in [3.8, 4) is 11.5 Å². The number of thiocarbonyl (C=S) groups is 1.